The van der Waals surface area contributed by atoms with Gasteiger partial charge in [0, 0.05) is 29.0 Å². The van der Waals surface area contributed by atoms with Crippen molar-refractivity contribution in [1.82, 2.24) is 0 Å². The molecule has 7 nitrogen and oxygen atoms in total. The van der Waals surface area contributed by atoms with E-state index < -0.39 is 42.2 Å². The fourth-order valence-corrected chi connectivity index (χ4v) is 3.48. The maximum atomic E-state index is 13.2. The zero-order chi connectivity index (χ0) is 21.3. The lowest BCUT2D eigenvalue weighted by Gasteiger charge is -2.23. The average molecular weight is 487 g/mol. The Morgan fingerprint density at radius 3 is 2.11 bits per heavy atom. The van der Waals surface area contributed by atoms with E-state index in [1.807, 2.05) is 0 Å². The first-order valence-corrected chi connectivity index (χ1v) is 9.46. The molecular formula is C15H11BrF4N2O5S. The van der Waals surface area contributed by atoms with Gasteiger partial charge in [-0.1, -0.05) is 12.1 Å². The van der Waals surface area contributed by atoms with Crippen molar-refractivity contribution in [1.29, 1.82) is 0 Å². The summed E-state index contributed by atoms with van der Waals surface area (Å²) in [6, 6.07) is 8.39. The molecule has 0 amide bonds. The minimum atomic E-state index is -4.85. The summed E-state index contributed by atoms with van der Waals surface area (Å²) in [4.78, 5) is 5.00. The second kappa shape index (κ2) is 7.54. The molecule has 2 aromatic rings. The lowest BCUT2D eigenvalue weighted by Crippen LogP contribution is -2.40. The normalized spacial score (nSPS) is 12.5. The summed E-state index contributed by atoms with van der Waals surface area (Å²) in [6.07, 6.45) is -4.85. The van der Waals surface area contributed by atoms with Gasteiger partial charge in [-0.25, -0.2) is 8.42 Å². The van der Waals surface area contributed by atoms with Gasteiger partial charge in [0.1, 0.15) is 5.75 Å². The molecule has 2 rings (SSSR count). The van der Waals surface area contributed by atoms with E-state index in [9.17, 15) is 36.1 Å². The van der Waals surface area contributed by atoms with Crippen molar-refractivity contribution >= 4 is 37.3 Å². The maximum absolute atomic E-state index is 13.2. The highest BCUT2D eigenvalue weighted by molar-refractivity contribution is 9.10. The molecule has 0 saturated heterocycles. The Bertz CT molecular complexity index is 981. The molecule has 0 N–H and O–H groups in total. The molecule has 0 fully saturated rings. The predicted molar refractivity (Wildman–Crippen MR) is 94.6 cm³/mol. The Hall–Kier alpha value is -2.41. The first-order valence-electron chi connectivity index (χ1n) is 7.23. The second-order valence-corrected chi connectivity index (χ2v) is 8.24. The van der Waals surface area contributed by atoms with Crippen LogP contribution in [-0.4, -0.2) is 31.3 Å². The van der Waals surface area contributed by atoms with Crippen LogP contribution in [0.25, 0.3) is 0 Å². The molecule has 0 saturated carbocycles. The van der Waals surface area contributed by atoms with Crippen molar-refractivity contribution in [3.05, 3.63) is 58.6 Å². The van der Waals surface area contributed by atoms with Gasteiger partial charge < -0.3 is 4.74 Å². The number of hydrogen-bond acceptors (Lipinski definition) is 5. The molecule has 0 bridgehead atoms. The molecule has 0 aliphatic heterocycles. The third-order valence-electron chi connectivity index (χ3n) is 3.48. The SMILES string of the molecule is CN(c1ccc(OC(F)(F)C(F)(F)Br)cc1)S(=O)(=O)c1ccccc1[N+](=O)[O-]. The number of rotatable bonds is 7. The Kier molecular flexibility index (Phi) is 5.90. The molecule has 152 valence electrons. The first-order chi connectivity index (χ1) is 12.8. The molecular weight excluding hydrogens is 476 g/mol. The van der Waals surface area contributed by atoms with Crippen LogP contribution in [0.5, 0.6) is 5.75 Å². The second-order valence-electron chi connectivity index (χ2n) is 5.31. The van der Waals surface area contributed by atoms with Gasteiger partial charge in [0.15, 0.2) is 4.90 Å². The highest BCUT2D eigenvalue weighted by Crippen LogP contribution is 2.41. The summed E-state index contributed by atoms with van der Waals surface area (Å²) in [7, 11) is -3.28. The Morgan fingerprint density at radius 2 is 1.61 bits per heavy atom. The number of sulfonamides is 1. The Balaban J connectivity index is 2.33. The van der Waals surface area contributed by atoms with Crippen molar-refractivity contribution in [3.63, 3.8) is 0 Å². The predicted octanol–water partition coefficient (Wildman–Crippen LogP) is 4.38. The smallest absolute Gasteiger partial charge is 0.427 e. The fourth-order valence-electron chi connectivity index (χ4n) is 2.04. The van der Waals surface area contributed by atoms with E-state index in [1.165, 1.54) is 28.1 Å². The third-order valence-corrected chi connectivity index (χ3v) is 5.77. The van der Waals surface area contributed by atoms with Gasteiger partial charge in [-0.3, -0.25) is 14.4 Å². The lowest BCUT2D eigenvalue weighted by atomic mass is 10.3. The van der Waals surface area contributed by atoms with Crippen LogP contribution in [0.2, 0.25) is 0 Å². The van der Waals surface area contributed by atoms with Crippen LogP contribution in [0, 0.1) is 10.1 Å². The van der Waals surface area contributed by atoms with Gasteiger partial charge in [0.25, 0.3) is 15.7 Å². The van der Waals surface area contributed by atoms with Gasteiger partial charge in [0.05, 0.1) is 10.6 Å². The molecule has 0 aliphatic rings. The molecule has 0 radical (unpaired) electrons. The highest BCUT2D eigenvalue weighted by atomic mass is 79.9. The van der Waals surface area contributed by atoms with Crippen LogP contribution in [0.15, 0.2) is 53.4 Å². The number of halogens is 5. The zero-order valence-electron chi connectivity index (χ0n) is 13.9. The summed E-state index contributed by atoms with van der Waals surface area (Å²) >= 11 is 1.51. The minimum absolute atomic E-state index is 0.0700. The summed E-state index contributed by atoms with van der Waals surface area (Å²) < 4.78 is 81.9. The fraction of sp³-hybridized carbons (Fsp3) is 0.200. The average Bonchev–Trinajstić information content (AvgIpc) is 2.60. The number of nitrogens with zero attached hydrogens (tertiary/aromatic N) is 2. The summed E-state index contributed by atoms with van der Waals surface area (Å²) in [5.41, 5.74) is -0.715. The largest absolute Gasteiger partial charge is 0.475 e. The van der Waals surface area contributed by atoms with Gasteiger partial charge >= 0.3 is 10.9 Å². The van der Waals surface area contributed by atoms with Crippen molar-refractivity contribution in [3.8, 4) is 5.75 Å². The third kappa shape index (κ3) is 4.35. The van der Waals surface area contributed by atoms with Crippen molar-refractivity contribution < 1.29 is 35.6 Å². The standard InChI is InChI=1S/C15H11BrF4N2O5S/c1-21(28(25,26)13-5-3-2-4-12(13)22(23)24)10-6-8-11(9-7-10)27-15(19,20)14(16,17)18/h2-9H,1H3. The maximum Gasteiger partial charge on any atom is 0.475 e. The molecule has 2 aromatic carbocycles. The molecule has 0 heterocycles. The van der Waals surface area contributed by atoms with E-state index in [-0.39, 0.29) is 5.69 Å². The van der Waals surface area contributed by atoms with Crippen LogP contribution in [0.1, 0.15) is 0 Å². The van der Waals surface area contributed by atoms with Crippen molar-refractivity contribution in [2.24, 2.45) is 0 Å². The Labute approximate surface area is 164 Å². The molecule has 0 atom stereocenters. The van der Waals surface area contributed by atoms with Gasteiger partial charge in [0.2, 0.25) is 0 Å². The molecule has 0 aromatic heterocycles. The van der Waals surface area contributed by atoms with Crippen LogP contribution in [-0.2, 0) is 10.0 Å². The molecule has 0 spiro atoms. The zero-order valence-corrected chi connectivity index (χ0v) is 16.3. The summed E-state index contributed by atoms with van der Waals surface area (Å²) in [5.74, 6) is -0.649. The lowest BCUT2D eigenvalue weighted by molar-refractivity contribution is -0.387. The van der Waals surface area contributed by atoms with E-state index in [4.69, 9.17) is 0 Å². The summed E-state index contributed by atoms with van der Waals surface area (Å²) in [5, 5.41) is 11.1. The number of hydrogen-bond donors (Lipinski definition) is 0. The molecule has 0 aliphatic carbocycles. The van der Waals surface area contributed by atoms with E-state index >= 15 is 0 Å². The topological polar surface area (TPSA) is 89.8 Å². The Morgan fingerprint density at radius 1 is 1.07 bits per heavy atom. The number of benzene rings is 2. The van der Waals surface area contributed by atoms with E-state index in [0.29, 0.717) is 4.31 Å². The number of alkyl halides is 5. The van der Waals surface area contributed by atoms with Crippen LogP contribution < -0.4 is 9.04 Å². The van der Waals surface area contributed by atoms with Crippen molar-refractivity contribution in [2.45, 2.75) is 15.8 Å². The van der Waals surface area contributed by atoms with Crippen LogP contribution in [0.4, 0.5) is 28.9 Å². The number of para-hydroxylation sites is 1. The number of nitro groups is 1. The van der Waals surface area contributed by atoms with Crippen LogP contribution >= 0.6 is 15.9 Å². The van der Waals surface area contributed by atoms with Crippen molar-refractivity contribution in [2.75, 3.05) is 11.4 Å². The van der Waals surface area contributed by atoms with E-state index in [0.717, 1.165) is 43.4 Å². The highest BCUT2D eigenvalue weighted by Gasteiger charge is 2.57. The molecule has 0 unspecified atom stereocenters. The molecule has 28 heavy (non-hydrogen) atoms. The number of ether oxygens (including phenoxy) is 1. The van der Waals surface area contributed by atoms with Gasteiger partial charge in [-0.05, 0) is 30.3 Å². The minimum Gasteiger partial charge on any atom is -0.427 e. The number of nitro benzene ring substituents is 1. The van der Waals surface area contributed by atoms with Crippen LogP contribution in [0.3, 0.4) is 0 Å². The molecule has 13 heteroatoms. The first kappa shape index (κ1) is 21.9. The van der Waals surface area contributed by atoms with E-state index in [1.54, 1.807) is 0 Å². The quantitative estimate of drug-likeness (QED) is 0.250. The van der Waals surface area contributed by atoms with E-state index in [2.05, 4.69) is 4.74 Å². The number of anilines is 1. The summed E-state index contributed by atoms with van der Waals surface area (Å²) in [6.45, 7) is 0. The van der Waals surface area contributed by atoms with Gasteiger partial charge in [-0.15, -0.1) is 0 Å². The van der Waals surface area contributed by atoms with Gasteiger partial charge in [-0.2, -0.15) is 17.6 Å². The monoisotopic (exact) mass is 486 g/mol.